The average Bonchev–Trinajstić information content (AvgIpc) is 2.46. The zero-order valence-electron chi connectivity index (χ0n) is 10.7. The van der Waals surface area contributed by atoms with Crippen molar-refractivity contribution in [2.45, 2.75) is 11.0 Å². The van der Waals surface area contributed by atoms with Gasteiger partial charge in [0.2, 0.25) is 0 Å². The van der Waals surface area contributed by atoms with Crippen molar-refractivity contribution in [1.29, 1.82) is 0 Å². The van der Waals surface area contributed by atoms with Gasteiger partial charge in [-0.25, -0.2) is 4.39 Å². The van der Waals surface area contributed by atoms with E-state index in [1.165, 1.54) is 6.07 Å². The van der Waals surface area contributed by atoms with Gasteiger partial charge in [0.15, 0.2) is 0 Å². The molecule has 19 heavy (non-hydrogen) atoms. The Balaban J connectivity index is 2.27. The molecule has 2 aromatic rings. The molecule has 1 atom stereocenters. The minimum Gasteiger partial charge on any atom is -0.483 e. The summed E-state index contributed by atoms with van der Waals surface area (Å²) in [6, 6.07) is 14.2. The quantitative estimate of drug-likeness (QED) is 0.848. The molecule has 0 aliphatic carbocycles. The van der Waals surface area contributed by atoms with Gasteiger partial charge < -0.3 is 10.5 Å². The Kier molecular flexibility index (Phi) is 4.82. The fourth-order valence-electron chi connectivity index (χ4n) is 1.84. The molecular weight excluding hydrogens is 261 g/mol. The van der Waals surface area contributed by atoms with Gasteiger partial charge in [-0.15, -0.1) is 11.8 Å². The van der Waals surface area contributed by atoms with Crippen LogP contribution in [-0.4, -0.2) is 12.8 Å². The van der Waals surface area contributed by atoms with Gasteiger partial charge in [0, 0.05) is 17.0 Å². The summed E-state index contributed by atoms with van der Waals surface area (Å²) in [5, 5.41) is 0. The second-order valence-corrected chi connectivity index (χ2v) is 4.86. The summed E-state index contributed by atoms with van der Waals surface area (Å²) in [6.45, 7) is 0.226. The van der Waals surface area contributed by atoms with E-state index in [9.17, 15) is 4.39 Å². The molecule has 0 saturated heterocycles. The Morgan fingerprint density at radius 1 is 1.16 bits per heavy atom. The van der Waals surface area contributed by atoms with E-state index in [2.05, 4.69) is 0 Å². The van der Waals surface area contributed by atoms with Crippen LogP contribution in [0.2, 0.25) is 0 Å². The third-order valence-electron chi connectivity index (χ3n) is 2.80. The van der Waals surface area contributed by atoms with Gasteiger partial charge in [-0.2, -0.15) is 0 Å². The lowest BCUT2D eigenvalue weighted by molar-refractivity contribution is 0.204. The number of benzene rings is 2. The normalized spacial score (nSPS) is 12.2. The molecule has 0 aliphatic rings. The van der Waals surface area contributed by atoms with Gasteiger partial charge >= 0.3 is 0 Å². The first-order chi connectivity index (χ1) is 9.26. The summed E-state index contributed by atoms with van der Waals surface area (Å²) in [7, 11) is 0. The summed E-state index contributed by atoms with van der Waals surface area (Å²) in [5.74, 6) is 0.438. The first-order valence-electron chi connectivity index (χ1n) is 6.00. The Bertz CT molecular complexity index is 547. The van der Waals surface area contributed by atoms with Crippen LogP contribution < -0.4 is 10.5 Å². The van der Waals surface area contributed by atoms with Crippen LogP contribution in [0, 0.1) is 5.82 Å². The minimum absolute atomic E-state index is 0.226. The van der Waals surface area contributed by atoms with Gasteiger partial charge in [0.1, 0.15) is 17.7 Å². The van der Waals surface area contributed by atoms with E-state index < -0.39 is 6.10 Å². The highest BCUT2D eigenvalue weighted by molar-refractivity contribution is 7.98. The van der Waals surface area contributed by atoms with E-state index in [1.54, 1.807) is 30.0 Å². The molecule has 2 nitrogen and oxygen atoms in total. The van der Waals surface area contributed by atoms with Gasteiger partial charge in [0.05, 0.1) is 0 Å². The lowest BCUT2D eigenvalue weighted by atomic mass is 10.1. The van der Waals surface area contributed by atoms with Crippen LogP contribution in [0.3, 0.4) is 0 Å². The maximum atomic E-state index is 13.8. The Hall–Kier alpha value is -1.52. The van der Waals surface area contributed by atoms with Crippen molar-refractivity contribution in [2.24, 2.45) is 5.73 Å². The van der Waals surface area contributed by atoms with Crippen molar-refractivity contribution in [3.63, 3.8) is 0 Å². The van der Waals surface area contributed by atoms with E-state index in [1.807, 2.05) is 30.5 Å². The lowest BCUT2D eigenvalue weighted by Gasteiger charge is -2.19. The van der Waals surface area contributed by atoms with Crippen molar-refractivity contribution < 1.29 is 9.13 Å². The van der Waals surface area contributed by atoms with Crippen LogP contribution in [0.4, 0.5) is 4.39 Å². The molecule has 1 unspecified atom stereocenters. The van der Waals surface area contributed by atoms with Crippen molar-refractivity contribution in [3.05, 3.63) is 59.9 Å². The molecule has 0 radical (unpaired) electrons. The number of para-hydroxylation sites is 1. The van der Waals surface area contributed by atoms with Crippen LogP contribution in [0.1, 0.15) is 11.7 Å². The predicted molar refractivity (Wildman–Crippen MR) is 77.0 cm³/mol. The highest BCUT2D eigenvalue weighted by atomic mass is 32.2. The predicted octanol–water partition coefficient (Wildman–Crippen LogP) is 3.63. The minimum atomic E-state index is -0.477. The number of thioether (sulfide) groups is 1. The summed E-state index contributed by atoms with van der Waals surface area (Å²) < 4.78 is 19.6. The van der Waals surface area contributed by atoms with Crippen molar-refractivity contribution in [1.82, 2.24) is 0 Å². The first kappa shape index (κ1) is 13.9. The first-order valence-corrected chi connectivity index (χ1v) is 7.23. The van der Waals surface area contributed by atoms with Crippen LogP contribution in [-0.2, 0) is 0 Å². The zero-order valence-corrected chi connectivity index (χ0v) is 11.5. The molecule has 4 heteroatoms. The van der Waals surface area contributed by atoms with Crippen LogP contribution >= 0.6 is 11.8 Å². The fraction of sp³-hybridized carbons (Fsp3) is 0.200. The van der Waals surface area contributed by atoms with E-state index in [4.69, 9.17) is 10.5 Å². The second-order valence-electron chi connectivity index (χ2n) is 4.01. The highest BCUT2D eigenvalue weighted by Gasteiger charge is 2.16. The standard InChI is InChI=1S/C15H16FNOS/c1-19-15-9-5-4-8-13(15)18-14(10-17)11-6-2-3-7-12(11)16/h2-9,14H,10,17H2,1H3. The van der Waals surface area contributed by atoms with Crippen LogP contribution in [0.25, 0.3) is 0 Å². The molecule has 2 N–H and O–H groups in total. The molecule has 0 fully saturated rings. The number of nitrogens with two attached hydrogens (primary N) is 1. The molecule has 0 aromatic heterocycles. The van der Waals surface area contributed by atoms with Gasteiger partial charge in [0.25, 0.3) is 0 Å². The number of hydrogen-bond acceptors (Lipinski definition) is 3. The van der Waals surface area contributed by atoms with Crippen molar-refractivity contribution in [3.8, 4) is 5.75 Å². The van der Waals surface area contributed by atoms with E-state index >= 15 is 0 Å². The van der Waals surface area contributed by atoms with E-state index in [0.717, 1.165) is 10.6 Å². The molecule has 0 heterocycles. The monoisotopic (exact) mass is 277 g/mol. The number of ether oxygens (including phenoxy) is 1. The lowest BCUT2D eigenvalue weighted by Crippen LogP contribution is -2.19. The summed E-state index contributed by atoms with van der Waals surface area (Å²) >= 11 is 1.59. The number of halogens is 1. The molecule has 0 aliphatic heterocycles. The Morgan fingerprint density at radius 2 is 1.84 bits per heavy atom. The van der Waals surface area contributed by atoms with Gasteiger partial charge in [-0.05, 0) is 24.5 Å². The average molecular weight is 277 g/mol. The van der Waals surface area contributed by atoms with Crippen LogP contribution in [0.15, 0.2) is 53.4 Å². The third kappa shape index (κ3) is 3.28. The largest absolute Gasteiger partial charge is 0.483 e. The molecule has 2 aromatic carbocycles. The maximum Gasteiger partial charge on any atom is 0.139 e. The Morgan fingerprint density at radius 3 is 2.53 bits per heavy atom. The molecular formula is C15H16FNOS. The smallest absolute Gasteiger partial charge is 0.139 e. The van der Waals surface area contributed by atoms with E-state index in [0.29, 0.717) is 5.56 Å². The van der Waals surface area contributed by atoms with Gasteiger partial charge in [-0.3, -0.25) is 0 Å². The Labute approximate surface area is 116 Å². The molecule has 100 valence electrons. The highest BCUT2D eigenvalue weighted by Crippen LogP contribution is 2.31. The molecule has 2 rings (SSSR count). The second kappa shape index (κ2) is 6.59. The number of rotatable bonds is 5. The van der Waals surface area contributed by atoms with Crippen molar-refractivity contribution >= 4 is 11.8 Å². The summed E-state index contributed by atoms with van der Waals surface area (Å²) in [4.78, 5) is 1.01. The fourth-order valence-corrected chi connectivity index (χ4v) is 2.38. The zero-order chi connectivity index (χ0) is 13.7. The molecule has 0 spiro atoms. The molecule has 0 saturated carbocycles. The molecule has 0 bridgehead atoms. The van der Waals surface area contributed by atoms with E-state index in [-0.39, 0.29) is 12.4 Å². The van der Waals surface area contributed by atoms with Crippen LogP contribution in [0.5, 0.6) is 5.75 Å². The molecule has 0 amide bonds. The number of hydrogen-bond donors (Lipinski definition) is 1. The topological polar surface area (TPSA) is 35.2 Å². The van der Waals surface area contributed by atoms with Crippen molar-refractivity contribution in [2.75, 3.05) is 12.8 Å². The SMILES string of the molecule is CSc1ccccc1OC(CN)c1ccccc1F. The summed E-state index contributed by atoms with van der Waals surface area (Å²) in [6.07, 6.45) is 1.50. The summed E-state index contributed by atoms with van der Waals surface area (Å²) in [5.41, 5.74) is 6.20. The third-order valence-corrected chi connectivity index (χ3v) is 3.58. The maximum absolute atomic E-state index is 13.8. The van der Waals surface area contributed by atoms with Gasteiger partial charge in [-0.1, -0.05) is 30.3 Å².